The number of nitrogens with two attached hydrogens (primary N) is 1. The first kappa shape index (κ1) is 12.4. The number of benzene rings is 1. The van der Waals surface area contributed by atoms with Crippen LogP contribution in [0.25, 0.3) is 0 Å². The maximum Gasteiger partial charge on any atom is 0.244 e. The molecule has 7 heteroatoms. The average molecular weight is 262 g/mol. The van der Waals surface area contributed by atoms with E-state index in [2.05, 4.69) is 4.72 Å². The quantitative estimate of drug-likeness (QED) is 0.840. The topological polar surface area (TPSA) is 72.2 Å². The van der Waals surface area contributed by atoms with Crippen molar-refractivity contribution < 1.29 is 17.2 Å². The van der Waals surface area contributed by atoms with Crippen LogP contribution in [0.15, 0.2) is 23.1 Å². The second kappa shape index (κ2) is 4.01. The van der Waals surface area contributed by atoms with Gasteiger partial charge in [0.25, 0.3) is 0 Å². The first-order chi connectivity index (χ1) is 7.88. The third-order valence-electron chi connectivity index (χ3n) is 2.78. The van der Waals surface area contributed by atoms with Crippen molar-refractivity contribution in [1.82, 2.24) is 4.72 Å². The van der Waals surface area contributed by atoms with Crippen molar-refractivity contribution in [2.24, 2.45) is 5.73 Å². The molecular weight excluding hydrogens is 250 g/mol. The molecule has 0 amide bonds. The molecule has 2 rings (SSSR count). The Balaban J connectivity index is 2.32. The van der Waals surface area contributed by atoms with Gasteiger partial charge in [0.15, 0.2) is 0 Å². The zero-order valence-electron chi connectivity index (χ0n) is 8.91. The highest BCUT2D eigenvalue weighted by atomic mass is 32.2. The molecule has 1 aromatic carbocycles. The lowest BCUT2D eigenvalue weighted by Crippen LogP contribution is -2.42. The van der Waals surface area contributed by atoms with Crippen molar-refractivity contribution in [2.75, 3.05) is 6.54 Å². The third kappa shape index (κ3) is 2.46. The van der Waals surface area contributed by atoms with Crippen LogP contribution >= 0.6 is 0 Å². The van der Waals surface area contributed by atoms with Gasteiger partial charge in [-0.25, -0.2) is 21.9 Å². The number of sulfonamides is 1. The summed E-state index contributed by atoms with van der Waals surface area (Å²) in [6.45, 7) is 0.162. The predicted molar refractivity (Wildman–Crippen MR) is 57.7 cm³/mol. The van der Waals surface area contributed by atoms with Crippen molar-refractivity contribution in [1.29, 1.82) is 0 Å². The van der Waals surface area contributed by atoms with Gasteiger partial charge in [-0.1, -0.05) is 0 Å². The largest absolute Gasteiger partial charge is 0.329 e. The van der Waals surface area contributed by atoms with E-state index in [-0.39, 0.29) is 6.54 Å². The summed E-state index contributed by atoms with van der Waals surface area (Å²) in [4.78, 5) is -0.557. The minimum atomic E-state index is -3.99. The molecule has 3 N–H and O–H groups in total. The van der Waals surface area contributed by atoms with Crippen molar-refractivity contribution in [3.63, 3.8) is 0 Å². The fourth-order valence-electron chi connectivity index (χ4n) is 1.53. The molecule has 0 saturated heterocycles. The number of halogens is 2. The molecule has 0 atom stereocenters. The van der Waals surface area contributed by atoms with Gasteiger partial charge in [0.05, 0.1) is 0 Å². The van der Waals surface area contributed by atoms with Gasteiger partial charge in [0.1, 0.15) is 16.5 Å². The highest BCUT2D eigenvalue weighted by Gasteiger charge is 2.45. The second-order valence-corrected chi connectivity index (χ2v) is 5.82. The van der Waals surface area contributed by atoms with E-state index in [9.17, 15) is 17.2 Å². The zero-order valence-corrected chi connectivity index (χ0v) is 9.73. The molecule has 1 aliphatic rings. The highest BCUT2D eigenvalue weighted by Crippen LogP contribution is 2.35. The number of hydrogen-bond acceptors (Lipinski definition) is 3. The molecule has 94 valence electrons. The van der Waals surface area contributed by atoms with E-state index < -0.39 is 32.1 Å². The molecule has 0 aliphatic heterocycles. The van der Waals surface area contributed by atoms with E-state index in [4.69, 9.17) is 5.73 Å². The van der Waals surface area contributed by atoms with Crippen LogP contribution in [0.4, 0.5) is 8.78 Å². The van der Waals surface area contributed by atoms with Gasteiger partial charge in [-0.15, -0.1) is 0 Å². The lowest BCUT2D eigenvalue weighted by atomic mass is 10.3. The van der Waals surface area contributed by atoms with Crippen LogP contribution in [-0.4, -0.2) is 20.5 Å². The summed E-state index contributed by atoms with van der Waals surface area (Å²) < 4.78 is 52.1. The Bertz CT molecular complexity index is 541. The van der Waals surface area contributed by atoms with Crippen LogP contribution in [0.1, 0.15) is 12.8 Å². The van der Waals surface area contributed by atoms with E-state index >= 15 is 0 Å². The van der Waals surface area contributed by atoms with Crippen LogP contribution in [-0.2, 0) is 10.0 Å². The van der Waals surface area contributed by atoms with E-state index in [1.165, 1.54) is 0 Å². The average Bonchev–Trinajstić information content (AvgIpc) is 2.97. The summed E-state index contributed by atoms with van der Waals surface area (Å²) in [5, 5.41) is 0. The Labute approximate surface area is 97.9 Å². The Morgan fingerprint density at radius 1 is 1.35 bits per heavy atom. The summed E-state index contributed by atoms with van der Waals surface area (Å²) in [5.41, 5.74) is 4.78. The number of nitrogens with one attached hydrogen (secondary N) is 1. The molecule has 0 aromatic heterocycles. The SMILES string of the molecule is NCC1(NS(=O)(=O)c2ccc(F)cc2F)CC1. The Morgan fingerprint density at radius 3 is 2.47 bits per heavy atom. The first-order valence-electron chi connectivity index (χ1n) is 5.08. The van der Waals surface area contributed by atoms with E-state index in [0.717, 1.165) is 12.1 Å². The summed E-state index contributed by atoms with van der Waals surface area (Å²) >= 11 is 0. The van der Waals surface area contributed by atoms with Crippen molar-refractivity contribution in [3.8, 4) is 0 Å². The summed E-state index contributed by atoms with van der Waals surface area (Å²) in [6.07, 6.45) is 1.26. The Morgan fingerprint density at radius 2 is 2.00 bits per heavy atom. The minimum Gasteiger partial charge on any atom is -0.329 e. The van der Waals surface area contributed by atoms with Crippen molar-refractivity contribution in [2.45, 2.75) is 23.3 Å². The molecule has 0 bridgehead atoms. The number of hydrogen-bond donors (Lipinski definition) is 2. The van der Waals surface area contributed by atoms with Gasteiger partial charge in [-0.3, -0.25) is 0 Å². The Hall–Kier alpha value is -1.05. The lowest BCUT2D eigenvalue weighted by molar-refractivity contribution is 0.525. The maximum absolute atomic E-state index is 13.4. The maximum atomic E-state index is 13.4. The molecule has 1 saturated carbocycles. The van der Waals surface area contributed by atoms with Gasteiger partial charge >= 0.3 is 0 Å². The molecular formula is C10H12F2N2O2S. The van der Waals surface area contributed by atoms with Crippen LogP contribution < -0.4 is 10.5 Å². The molecule has 1 aromatic rings. The molecule has 0 spiro atoms. The fraction of sp³-hybridized carbons (Fsp3) is 0.400. The highest BCUT2D eigenvalue weighted by molar-refractivity contribution is 7.89. The van der Waals surface area contributed by atoms with E-state index in [1.807, 2.05) is 0 Å². The molecule has 1 fully saturated rings. The van der Waals surface area contributed by atoms with Crippen LogP contribution in [0.2, 0.25) is 0 Å². The summed E-state index contributed by atoms with van der Waals surface area (Å²) in [7, 11) is -3.99. The monoisotopic (exact) mass is 262 g/mol. The molecule has 1 aliphatic carbocycles. The van der Waals surface area contributed by atoms with E-state index in [1.54, 1.807) is 0 Å². The predicted octanol–water partition coefficient (Wildman–Crippen LogP) is 0.734. The Kier molecular flexibility index (Phi) is 2.92. The standard InChI is InChI=1S/C10H12F2N2O2S/c11-7-1-2-9(8(12)5-7)17(15,16)14-10(6-13)3-4-10/h1-2,5,14H,3-4,6,13H2. The van der Waals surface area contributed by atoms with Crippen LogP contribution in [0.5, 0.6) is 0 Å². The van der Waals surface area contributed by atoms with E-state index in [0.29, 0.717) is 18.9 Å². The molecule has 0 radical (unpaired) electrons. The van der Waals surface area contributed by atoms with Crippen molar-refractivity contribution in [3.05, 3.63) is 29.8 Å². The summed E-state index contributed by atoms with van der Waals surface area (Å²) in [6, 6.07) is 2.34. The van der Waals surface area contributed by atoms with Crippen molar-refractivity contribution >= 4 is 10.0 Å². The molecule has 0 heterocycles. The molecule has 17 heavy (non-hydrogen) atoms. The fourth-order valence-corrected chi connectivity index (χ4v) is 3.06. The van der Waals surface area contributed by atoms with Gasteiger partial charge in [0.2, 0.25) is 10.0 Å². The smallest absolute Gasteiger partial charge is 0.244 e. The normalized spacial score (nSPS) is 18.1. The zero-order chi connectivity index (χ0) is 12.7. The van der Waals surface area contributed by atoms with Gasteiger partial charge in [-0.05, 0) is 25.0 Å². The van der Waals surface area contributed by atoms with Gasteiger partial charge in [-0.2, -0.15) is 0 Å². The van der Waals surface area contributed by atoms with Gasteiger partial charge < -0.3 is 5.73 Å². The second-order valence-electron chi connectivity index (χ2n) is 4.16. The lowest BCUT2D eigenvalue weighted by Gasteiger charge is -2.15. The first-order valence-corrected chi connectivity index (χ1v) is 6.56. The molecule has 0 unspecified atom stereocenters. The summed E-state index contributed by atoms with van der Waals surface area (Å²) in [5.74, 6) is -1.92. The van der Waals surface area contributed by atoms with Crippen LogP contribution in [0.3, 0.4) is 0 Å². The van der Waals surface area contributed by atoms with Gasteiger partial charge in [0, 0.05) is 18.2 Å². The minimum absolute atomic E-state index is 0.162. The van der Waals surface area contributed by atoms with Crippen LogP contribution in [0, 0.1) is 11.6 Å². The number of rotatable bonds is 4. The third-order valence-corrected chi connectivity index (χ3v) is 4.39. The molecule has 4 nitrogen and oxygen atoms in total.